The Labute approximate surface area is 309 Å². The summed E-state index contributed by atoms with van der Waals surface area (Å²) in [5, 5.41) is 10.0. The molecule has 5 aromatic rings. The minimum absolute atomic E-state index is 0.0113. The average Bonchev–Trinajstić information content (AvgIpc) is 3.68. The highest BCUT2D eigenvalue weighted by Crippen LogP contribution is 2.43. The zero-order valence-electron chi connectivity index (χ0n) is 30.3. The number of benzene rings is 5. The molecule has 1 N–H and O–H groups in total. The van der Waals surface area contributed by atoms with Crippen LogP contribution in [0.5, 0.6) is 23.0 Å². The third-order valence-corrected chi connectivity index (χ3v) is 10.7. The molecule has 10 nitrogen and oxygen atoms in total. The van der Waals surface area contributed by atoms with E-state index in [0.717, 1.165) is 54.2 Å². The number of carbonyl (C=O) groups is 2. The summed E-state index contributed by atoms with van der Waals surface area (Å²) in [5.41, 5.74) is 8.30. The molecule has 10 heteroatoms. The summed E-state index contributed by atoms with van der Waals surface area (Å²) in [5.74, 6) is 1.54. The minimum atomic E-state index is -0.0439. The molecule has 0 spiro atoms. The van der Waals surface area contributed by atoms with Gasteiger partial charge in [-0.25, -0.2) is 0 Å². The van der Waals surface area contributed by atoms with Crippen LogP contribution in [0, 0.1) is 0 Å². The van der Waals surface area contributed by atoms with Crippen LogP contribution in [-0.4, -0.2) is 70.4 Å². The molecule has 4 aliphatic rings. The number of aromatic hydroxyl groups is 1. The Hall–Kier alpha value is -6.16. The maximum Gasteiger partial charge on any atom is 0.260 e. The van der Waals surface area contributed by atoms with Crippen LogP contribution in [0.1, 0.15) is 37.4 Å². The lowest BCUT2D eigenvalue weighted by Gasteiger charge is -2.25. The fourth-order valence-electron chi connectivity index (χ4n) is 8.10. The van der Waals surface area contributed by atoms with Crippen molar-refractivity contribution in [3.8, 4) is 23.0 Å². The number of amides is 2. The SMILES string of the molecule is COc1cc2c(cc1O)N(C)C[C@@H]1Cc3ccccc3N1C2=O.COc1cc2c(cc1OCc1ccccc1)N(C)C[C@@H]1Cc3ccccc3N1C2=O. The predicted molar refractivity (Wildman–Crippen MR) is 206 cm³/mol. The number of anilines is 4. The molecule has 0 saturated heterocycles. The Morgan fingerprint density at radius 3 is 1.64 bits per heavy atom. The number of rotatable bonds is 5. The van der Waals surface area contributed by atoms with Crippen LogP contribution < -0.4 is 33.8 Å². The van der Waals surface area contributed by atoms with E-state index in [4.69, 9.17) is 14.2 Å². The first-order chi connectivity index (χ1) is 25.7. The highest BCUT2D eigenvalue weighted by molar-refractivity contribution is 6.13. The van der Waals surface area contributed by atoms with Gasteiger partial charge in [0.05, 0.1) is 48.8 Å². The number of hydrogen-bond donors (Lipinski definition) is 1. The first kappa shape index (κ1) is 34.0. The van der Waals surface area contributed by atoms with Crippen LogP contribution >= 0.6 is 0 Å². The van der Waals surface area contributed by atoms with Gasteiger partial charge in [0.25, 0.3) is 11.8 Å². The second kappa shape index (κ2) is 13.8. The van der Waals surface area contributed by atoms with Crippen molar-refractivity contribution < 1.29 is 28.9 Å². The molecule has 4 aliphatic heterocycles. The van der Waals surface area contributed by atoms with Crippen molar-refractivity contribution in [2.45, 2.75) is 31.5 Å². The molecule has 0 aliphatic carbocycles. The molecule has 0 fully saturated rings. The van der Waals surface area contributed by atoms with Crippen molar-refractivity contribution in [2.75, 3.05) is 61.0 Å². The Bertz CT molecular complexity index is 2210. The van der Waals surface area contributed by atoms with E-state index >= 15 is 0 Å². The summed E-state index contributed by atoms with van der Waals surface area (Å²) < 4.78 is 16.8. The molecule has 0 radical (unpaired) electrons. The van der Waals surface area contributed by atoms with Gasteiger partial charge in [0.2, 0.25) is 0 Å². The Kier molecular flexibility index (Phi) is 8.82. The maximum absolute atomic E-state index is 13.6. The van der Waals surface area contributed by atoms with Gasteiger partial charge in [-0.1, -0.05) is 66.7 Å². The van der Waals surface area contributed by atoms with E-state index < -0.39 is 0 Å². The van der Waals surface area contributed by atoms with E-state index in [9.17, 15) is 14.7 Å². The van der Waals surface area contributed by atoms with Crippen molar-refractivity contribution >= 4 is 34.6 Å². The summed E-state index contributed by atoms with van der Waals surface area (Å²) in [4.78, 5) is 34.8. The molecule has 9 rings (SSSR count). The molecule has 0 saturated carbocycles. The van der Waals surface area contributed by atoms with Crippen molar-refractivity contribution in [1.29, 1.82) is 0 Å². The van der Waals surface area contributed by atoms with Crippen LogP contribution in [-0.2, 0) is 19.4 Å². The molecular weight excluding hydrogens is 668 g/mol. The second-order valence-electron chi connectivity index (χ2n) is 13.9. The lowest BCUT2D eigenvalue weighted by Crippen LogP contribution is -2.41. The Morgan fingerprint density at radius 1 is 0.604 bits per heavy atom. The number of phenols is 1. The zero-order valence-corrected chi connectivity index (χ0v) is 30.3. The van der Waals surface area contributed by atoms with Gasteiger partial charge >= 0.3 is 0 Å². The lowest BCUT2D eigenvalue weighted by atomic mass is 10.1. The van der Waals surface area contributed by atoms with Crippen LogP contribution in [0.2, 0.25) is 0 Å². The van der Waals surface area contributed by atoms with Gasteiger partial charge in [0.15, 0.2) is 23.0 Å². The Morgan fingerprint density at radius 2 is 1.09 bits per heavy atom. The quantitative estimate of drug-likeness (QED) is 0.215. The molecule has 4 heterocycles. The van der Waals surface area contributed by atoms with Gasteiger partial charge in [0.1, 0.15) is 6.61 Å². The number of ether oxygens (including phenoxy) is 3. The normalized spacial score (nSPS) is 18.0. The van der Waals surface area contributed by atoms with E-state index in [1.807, 2.05) is 108 Å². The van der Waals surface area contributed by atoms with Crippen LogP contribution in [0.4, 0.5) is 22.7 Å². The first-order valence-electron chi connectivity index (χ1n) is 17.8. The van der Waals surface area contributed by atoms with E-state index in [1.165, 1.54) is 18.2 Å². The van der Waals surface area contributed by atoms with Crippen LogP contribution in [0.3, 0.4) is 0 Å². The standard InChI is InChI=1S/C25H24N2O3.C18H18N2O3/c1-26-15-19-12-18-10-6-7-11-21(18)27(19)25(28)20-13-23(29-2)24(14-22(20)26)30-16-17-8-4-3-5-9-17;1-19-10-12-7-11-5-3-4-6-14(11)20(12)18(22)13-8-17(23-2)16(21)9-15(13)19/h3-11,13-14,19H,12,15-16H2,1-2H3;3-6,8-9,12,21H,7,10H2,1-2H3/t19-;12-/m00/s1. The van der Waals surface area contributed by atoms with Gasteiger partial charge in [-0.3, -0.25) is 9.59 Å². The van der Waals surface area contributed by atoms with E-state index in [1.54, 1.807) is 19.2 Å². The predicted octanol–water partition coefficient (Wildman–Crippen LogP) is 6.72. The number of fused-ring (bicyclic) bond motifs is 8. The maximum atomic E-state index is 13.6. The van der Waals surface area contributed by atoms with Crippen molar-refractivity contribution in [3.63, 3.8) is 0 Å². The van der Waals surface area contributed by atoms with Gasteiger partial charge in [-0.2, -0.15) is 0 Å². The molecule has 5 aromatic carbocycles. The van der Waals surface area contributed by atoms with Gasteiger partial charge in [-0.05, 0) is 53.8 Å². The third kappa shape index (κ3) is 6.03. The summed E-state index contributed by atoms with van der Waals surface area (Å²) in [6, 6.07) is 33.4. The topological polar surface area (TPSA) is 95.0 Å². The molecular formula is C43H42N4O6. The number of carbonyl (C=O) groups excluding carboxylic acids is 2. The monoisotopic (exact) mass is 710 g/mol. The summed E-state index contributed by atoms with van der Waals surface area (Å²) in [6.07, 6.45) is 1.72. The van der Waals surface area contributed by atoms with E-state index in [-0.39, 0.29) is 29.6 Å². The number of nitrogens with zero attached hydrogens (tertiary/aromatic N) is 4. The second-order valence-corrected chi connectivity index (χ2v) is 13.9. The molecule has 0 bridgehead atoms. The molecule has 270 valence electrons. The fraction of sp³-hybridized carbons (Fsp3) is 0.256. The largest absolute Gasteiger partial charge is 0.504 e. The highest BCUT2D eigenvalue weighted by Gasteiger charge is 2.40. The number of methoxy groups -OCH3 is 2. The number of phenolic OH excluding ortho intramolecular Hbond substituents is 1. The van der Waals surface area contributed by atoms with Crippen molar-refractivity contribution in [2.24, 2.45) is 0 Å². The van der Waals surface area contributed by atoms with Gasteiger partial charge in [-0.15, -0.1) is 0 Å². The van der Waals surface area contributed by atoms with Crippen molar-refractivity contribution in [1.82, 2.24) is 0 Å². The summed E-state index contributed by atoms with van der Waals surface area (Å²) in [7, 11) is 7.08. The highest BCUT2D eigenvalue weighted by atomic mass is 16.5. The molecule has 0 aromatic heterocycles. The Balaban J connectivity index is 0.000000156. The first-order valence-corrected chi connectivity index (χ1v) is 17.8. The molecule has 2 amide bonds. The average molecular weight is 711 g/mol. The number of para-hydroxylation sites is 2. The fourth-order valence-corrected chi connectivity index (χ4v) is 8.10. The molecule has 0 unspecified atom stereocenters. The van der Waals surface area contributed by atoms with E-state index in [0.29, 0.717) is 35.0 Å². The summed E-state index contributed by atoms with van der Waals surface area (Å²) >= 11 is 0. The number of hydrogen-bond acceptors (Lipinski definition) is 8. The van der Waals surface area contributed by atoms with Crippen LogP contribution in [0.15, 0.2) is 103 Å². The van der Waals surface area contributed by atoms with E-state index in [2.05, 4.69) is 17.0 Å². The lowest BCUT2D eigenvalue weighted by molar-refractivity contribution is 0.0975. The number of likely N-dealkylation sites (N-methyl/N-ethyl adjacent to an activating group) is 2. The summed E-state index contributed by atoms with van der Waals surface area (Å²) in [6.45, 7) is 1.92. The van der Waals surface area contributed by atoms with Gasteiger partial charge in [0, 0.05) is 50.7 Å². The smallest absolute Gasteiger partial charge is 0.260 e. The van der Waals surface area contributed by atoms with Gasteiger partial charge < -0.3 is 38.9 Å². The molecule has 2 atom stereocenters. The third-order valence-electron chi connectivity index (χ3n) is 10.7. The van der Waals surface area contributed by atoms with Crippen molar-refractivity contribution in [3.05, 3.63) is 131 Å². The molecule has 53 heavy (non-hydrogen) atoms. The minimum Gasteiger partial charge on any atom is -0.504 e. The van der Waals surface area contributed by atoms with Crippen LogP contribution in [0.25, 0.3) is 0 Å². The zero-order chi connectivity index (χ0) is 36.8.